The Morgan fingerprint density at radius 1 is 0.625 bits per heavy atom. The molecular weight excluding hydrogens is 312 g/mol. The van der Waals surface area contributed by atoms with Crippen LogP contribution >= 0.6 is 0 Å². The Morgan fingerprint density at radius 3 is 1.38 bits per heavy atom. The summed E-state index contributed by atoms with van der Waals surface area (Å²) in [6.07, 6.45) is -1.11. The summed E-state index contributed by atoms with van der Waals surface area (Å²) in [5.41, 5.74) is 2.04. The molecule has 0 radical (unpaired) electrons. The molecular formula is C18H18O6. The SMILES string of the molecule is O=C(OCCc1ccccc1)OOC(=O)OCCc1ccccc1. The molecule has 24 heavy (non-hydrogen) atoms. The number of hydrogen-bond acceptors (Lipinski definition) is 6. The van der Waals surface area contributed by atoms with Crippen LogP contribution in [0.25, 0.3) is 0 Å². The molecule has 0 saturated heterocycles. The largest absolute Gasteiger partial charge is 0.550 e. The molecule has 2 aromatic carbocycles. The lowest BCUT2D eigenvalue weighted by atomic mass is 10.2. The van der Waals surface area contributed by atoms with Crippen LogP contribution in [0, 0.1) is 0 Å². The summed E-state index contributed by atoms with van der Waals surface area (Å²) >= 11 is 0. The Bertz CT molecular complexity index is 569. The quantitative estimate of drug-likeness (QED) is 0.457. The van der Waals surface area contributed by atoms with E-state index in [1.54, 1.807) is 0 Å². The van der Waals surface area contributed by atoms with Crippen LogP contribution in [0.4, 0.5) is 9.59 Å². The minimum absolute atomic E-state index is 0.120. The van der Waals surface area contributed by atoms with Gasteiger partial charge in [0.15, 0.2) is 0 Å². The van der Waals surface area contributed by atoms with Crippen LogP contribution in [-0.4, -0.2) is 25.5 Å². The first-order valence-electron chi connectivity index (χ1n) is 7.50. The highest BCUT2D eigenvalue weighted by molar-refractivity contribution is 5.63. The zero-order chi connectivity index (χ0) is 17.0. The number of rotatable bonds is 6. The van der Waals surface area contributed by atoms with Gasteiger partial charge in [0.05, 0.1) is 13.2 Å². The molecule has 0 aliphatic rings. The molecule has 0 N–H and O–H groups in total. The minimum Gasteiger partial charge on any atom is -0.431 e. The van der Waals surface area contributed by atoms with Gasteiger partial charge in [-0.25, -0.2) is 0 Å². The highest BCUT2D eigenvalue weighted by Gasteiger charge is 2.11. The van der Waals surface area contributed by atoms with Crippen LogP contribution in [0.1, 0.15) is 11.1 Å². The first kappa shape index (κ1) is 17.3. The second-order valence-corrected chi connectivity index (χ2v) is 4.83. The smallest absolute Gasteiger partial charge is 0.431 e. The number of carbonyl (C=O) groups is 2. The summed E-state index contributed by atoms with van der Waals surface area (Å²) in [7, 11) is 0. The third-order valence-electron chi connectivity index (χ3n) is 3.08. The Kier molecular flexibility index (Phi) is 7.14. The van der Waals surface area contributed by atoms with Crippen LogP contribution in [-0.2, 0) is 32.1 Å². The van der Waals surface area contributed by atoms with E-state index in [0.29, 0.717) is 12.8 Å². The van der Waals surface area contributed by atoms with Crippen molar-refractivity contribution in [2.45, 2.75) is 12.8 Å². The lowest BCUT2D eigenvalue weighted by Crippen LogP contribution is -2.15. The lowest BCUT2D eigenvalue weighted by molar-refractivity contribution is -0.217. The van der Waals surface area contributed by atoms with Gasteiger partial charge in [-0.2, -0.15) is 19.4 Å². The maximum atomic E-state index is 11.3. The molecule has 0 aromatic heterocycles. The molecule has 0 fully saturated rings. The van der Waals surface area contributed by atoms with E-state index in [1.807, 2.05) is 60.7 Å². The number of carbonyl (C=O) groups excluding carboxylic acids is 2. The summed E-state index contributed by atoms with van der Waals surface area (Å²) in [5, 5.41) is 0. The van der Waals surface area contributed by atoms with Gasteiger partial charge in [-0.1, -0.05) is 60.7 Å². The van der Waals surface area contributed by atoms with Crippen LogP contribution in [0.15, 0.2) is 60.7 Å². The fourth-order valence-electron chi connectivity index (χ4n) is 1.91. The Hall–Kier alpha value is -3.02. The van der Waals surface area contributed by atoms with Crippen molar-refractivity contribution < 1.29 is 28.8 Å². The topological polar surface area (TPSA) is 71.1 Å². The third kappa shape index (κ3) is 6.83. The van der Waals surface area contributed by atoms with E-state index in [-0.39, 0.29) is 13.2 Å². The average Bonchev–Trinajstić information content (AvgIpc) is 2.62. The van der Waals surface area contributed by atoms with Crippen molar-refractivity contribution in [3.8, 4) is 0 Å². The van der Waals surface area contributed by atoms with E-state index >= 15 is 0 Å². The van der Waals surface area contributed by atoms with Crippen LogP contribution < -0.4 is 0 Å². The van der Waals surface area contributed by atoms with Gasteiger partial charge in [-0.05, 0) is 11.1 Å². The molecule has 0 aliphatic carbocycles. The molecule has 0 aliphatic heterocycles. The summed E-state index contributed by atoms with van der Waals surface area (Å²) < 4.78 is 9.55. The molecule has 126 valence electrons. The molecule has 0 heterocycles. The van der Waals surface area contributed by atoms with Gasteiger partial charge in [0, 0.05) is 12.8 Å². The van der Waals surface area contributed by atoms with Crippen molar-refractivity contribution in [1.82, 2.24) is 0 Å². The molecule has 0 saturated carbocycles. The van der Waals surface area contributed by atoms with E-state index in [1.165, 1.54) is 0 Å². The molecule has 2 aromatic rings. The van der Waals surface area contributed by atoms with Gasteiger partial charge in [0.2, 0.25) is 0 Å². The minimum atomic E-state index is -1.09. The number of hydrogen-bond donors (Lipinski definition) is 0. The van der Waals surface area contributed by atoms with Gasteiger partial charge in [-0.15, -0.1) is 0 Å². The fourth-order valence-corrected chi connectivity index (χ4v) is 1.91. The van der Waals surface area contributed by atoms with Crippen molar-refractivity contribution in [2.75, 3.05) is 13.2 Å². The van der Waals surface area contributed by atoms with Crippen LogP contribution in [0.3, 0.4) is 0 Å². The van der Waals surface area contributed by atoms with E-state index in [9.17, 15) is 9.59 Å². The monoisotopic (exact) mass is 330 g/mol. The molecule has 6 heteroatoms. The van der Waals surface area contributed by atoms with Crippen molar-refractivity contribution in [1.29, 1.82) is 0 Å². The summed E-state index contributed by atoms with van der Waals surface area (Å²) in [5.74, 6) is 0. The lowest BCUT2D eigenvalue weighted by Gasteiger charge is -2.06. The molecule has 0 bridgehead atoms. The molecule has 2 rings (SSSR count). The van der Waals surface area contributed by atoms with Gasteiger partial charge < -0.3 is 9.47 Å². The molecule has 0 amide bonds. The Balaban J connectivity index is 1.53. The zero-order valence-corrected chi connectivity index (χ0v) is 13.1. The predicted octanol–water partition coefficient (Wildman–Crippen LogP) is 3.69. The van der Waals surface area contributed by atoms with E-state index in [4.69, 9.17) is 9.47 Å². The van der Waals surface area contributed by atoms with Crippen molar-refractivity contribution in [3.05, 3.63) is 71.8 Å². The summed E-state index contributed by atoms with van der Waals surface area (Å²) in [6.45, 7) is 0.241. The standard InChI is InChI=1S/C18H18O6/c19-17(21-13-11-15-7-3-1-4-8-15)23-24-18(20)22-14-12-16-9-5-2-6-10-16/h1-10H,11-14H2. The Morgan fingerprint density at radius 2 is 1.00 bits per heavy atom. The van der Waals surface area contributed by atoms with E-state index < -0.39 is 12.3 Å². The highest BCUT2D eigenvalue weighted by atomic mass is 17.3. The maximum Gasteiger partial charge on any atom is 0.550 e. The number of benzene rings is 2. The second kappa shape index (κ2) is 9.89. The van der Waals surface area contributed by atoms with Gasteiger partial charge in [-0.3, -0.25) is 0 Å². The fraction of sp³-hybridized carbons (Fsp3) is 0.222. The average molecular weight is 330 g/mol. The third-order valence-corrected chi connectivity index (χ3v) is 3.08. The van der Waals surface area contributed by atoms with Gasteiger partial charge >= 0.3 is 12.3 Å². The zero-order valence-electron chi connectivity index (χ0n) is 13.1. The van der Waals surface area contributed by atoms with Crippen molar-refractivity contribution in [2.24, 2.45) is 0 Å². The summed E-state index contributed by atoms with van der Waals surface area (Å²) in [4.78, 5) is 30.9. The Labute approximate surface area is 139 Å². The highest BCUT2D eigenvalue weighted by Crippen LogP contribution is 2.02. The molecule has 0 atom stereocenters. The predicted molar refractivity (Wildman–Crippen MR) is 85.2 cm³/mol. The number of ether oxygens (including phenoxy) is 2. The van der Waals surface area contributed by atoms with Gasteiger partial charge in [0.25, 0.3) is 0 Å². The van der Waals surface area contributed by atoms with E-state index in [2.05, 4.69) is 9.78 Å². The van der Waals surface area contributed by atoms with Crippen molar-refractivity contribution in [3.63, 3.8) is 0 Å². The van der Waals surface area contributed by atoms with Crippen LogP contribution in [0.2, 0.25) is 0 Å². The first-order valence-corrected chi connectivity index (χ1v) is 7.50. The molecule has 0 unspecified atom stereocenters. The molecule has 6 nitrogen and oxygen atoms in total. The van der Waals surface area contributed by atoms with Gasteiger partial charge in [0.1, 0.15) is 0 Å². The van der Waals surface area contributed by atoms with E-state index in [0.717, 1.165) is 11.1 Å². The molecule has 0 spiro atoms. The first-order chi connectivity index (χ1) is 11.7. The van der Waals surface area contributed by atoms with Crippen molar-refractivity contribution >= 4 is 12.3 Å². The second-order valence-electron chi connectivity index (χ2n) is 4.83. The summed E-state index contributed by atoms with van der Waals surface area (Å²) in [6, 6.07) is 19.0. The normalized spacial score (nSPS) is 9.83. The maximum absolute atomic E-state index is 11.3. The van der Waals surface area contributed by atoms with Crippen LogP contribution in [0.5, 0.6) is 0 Å².